The summed E-state index contributed by atoms with van der Waals surface area (Å²) in [5, 5.41) is 5.23. The van der Waals surface area contributed by atoms with Crippen LogP contribution in [0.3, 0.4) is 0 Å². The summed E-state index contributed by atoms with van der Waals surface area (Å²) in [6, 6.07) is 10.7. The van der Waals surface area contributed by atoms with Gasteiger partial charge in [-0.15, -0.1) is 5.06 Å². The standard InChI is InChI=1S/C10H13N2O/c1-2-4-10(5-3-1)13-12-8-6-11-7-9-12/h1-4,11H,6-9H2. The molecule has 13 heavy (non-hydrogen) atoms. The zero-order chi connectivity index (χ0) is 8.93. The third kappa shape index (κ3) is 2.44. The zero-order valence-electron chi connectivity index (χ0n) is 7.49. The Bertz CT molecular complexity index is 244. The molecule has 1 fully saturated rings. The van der Waals surface area contributed by atoms with Crippen LogP contribution >= 0.6 is 0 Å². The van der Waals surface area contributed by atoms with Crippen molar-refractivity contribution in [2.45, 2.75) is 0 Å². The van der Waals surface area contributed by atoms with Crippen molar-refractivity contribution < 1.29 is 4.84 Å². The second-order valence-corrected chi connectivity index (χ2v) is 3.00. The van der Waals surface area contributed by atoms with Crippen LogP contribution in [0.4, 0.5) is 0 Å². The van der Waals surface area contributed by atoms with Crippen LogP contribution < -0.4 is 10.2 Å². The maximum atomic E-state index is 5.59. The van der Waals surface area contributed by atoms with Gasteiger partial charge in [0, 0.05) is 32.2 Å². The van der Waals surface area contributed by atoms with E-state index in [-0.39, 0.29) is 0 Å². The highest BCUT2D eigenvalue weighted by molar-refractivity contribution is 5.18. The average molecular weight is 177 g/mol. The first kappa shape index (κ1) is 8.53. The maximum Gasteiger partial charge on any atom is 0.155 e. The summed E-state index contributed by atoms with van der Waals surface area (Å²) in [4.78, 5) is 5.59. The van der Waals surface area contributed by atoms with E-state index in [0.717, 1.165) is 31.9 Å². The SMILES string of the molecule is [c]1ccccc1ON1CCNCC1. The van der Waals surface area contributed by atoms with E-state index in [1.54, 1.807) is 0 Å². The fourth-order valence-corrected chi connectivity index (χ4v) is 1.31. The number of hydroxylamine groups is 2. The van der Waals surface area contributed by atoms with Gasteiger partial charge in [-0.1, -0.05) is 18.2 Å². The van der Waals surface area contributed by atoms with Crippen molar-refractivity contribution in [2.75, 3.05) is 26.2 Å². The van der Waals surface area contributed by atoms with Crippen molar-refractivity contribution in [1.82, 2.24) is 10.4 Å². The van der Waals surface area contributed by atoms with Gasteiger partial charge in [0.05, 0.1) is 0 Å². The summed E-state index contributed by atoms with van der Waals surface area (Å²) in [7, 11) is 0. The van der Waals surface area contributed by atoms with Crippen molar-refractivity contribution >= 4 is 0 Å². The molecular weight excluding hydrogens is 164 g/mol. The molecule has 1 aliphatic rings. The summed E-state index contributed by atoms with van der Waals surface area (Å²) in [5.74, 6) is 0.796. The Morgan fingerprint density at radius 2 is 2.15 bits per heavy atom. The average Bonchev–Trinajstić information content (AvgIpc) is 2.21. The number of benzene rings is 1. The predicted octanol–water partition coefficient (Wildman–Crippen LogP) is 0.686. The molecule has 1 saturated heterocycles. The monoisotopic (exact) mass is 177 g/mol. The third-order valence-corrected chi connectivity index (χ3v) is 1.98. The Balaban J connectivity index is 1.90. The molecule has 1 aromatic rings. The first-order valence-corrected chi connectivity index (χ1v) is 4.55. The molecule has 0 spiro atoms. The fourth-order valence-electron chi connectivity index (χ4n) is 1.31. The molecule has 0 bridgehead atoms. The molecule has 3 nitrogen and oxygen atoms in total. The number of rotatable bonds is 2. The topological polar surface area (TPSA) is 24.5 Å². The Hall–Kier alpha value is -1.06. The number of piperazine rings is 1. The van der Waals surface area contributed by atoms with Crippen LogP contribution in [0.25, 0.3) is 0 Å². The van der Waals surface area contributed by atoms with E-state index < -0.39 is 0 Å². The highest BCUT2D eigenvalue weighted by atomic mass is 16.7. The number of hydrogen-bond acceptors (Lipinski definition) is 3. The summed E-state index contributed by atoms with van der Waals surface area (Å²) >= 11 is 0. The lowest BCUT2D eigenvalue weighted by Crippen LogP contribution is -2.45. The van der Waals surface area contributed by atoms with Gasteiger partial charge in [0.15, 0.2) is 5.75 Å². The third-order valence-electron chi connectivity index (χ3n) is 1.98. The summed E-state index contributed by atoms with van der Waals surface area (Å²) in [6.45, 7) is 3.85. The van der Waals surface area contributed by atoms with Gasteiger partial charge in [-0.05, 0) is 6.07 Å². The smallest absolute Gasteiger partial charge is 0.155 e. The normalized spacial score (nSPS) is 18.5. The molecule has 0 amide bonds. The lowest BCUT2D eigenvalue weighted by molar-refractivity contribution is -0.0666. The van der Waals surface area contributed by atoms with Crippen molar-refractivity contribution in [3.63, 3.8) is 0 Å². The minimum absolute atomic E-state index is 0.796. The molecule has 1 heterocycles. The van der Waals surface area contributed by atoms with Gasteiger partial charge in [0.25, 0.3) is 0 Å². The minimum atomic E-state index is 0.796. The first-order chi connectivity index (χ1) is 6.45. The summed E-state index contributed by atoms with van der Waals surface area (Å²) in [5.41, 5.74) is 0. The van der Waals surface area contributed by atoms with Gasteiger partial charge < -0.3 is 10.2 Å². The number of para-hydroxylation sites is 1. The van der Waals surface area contributed by atoms with E-state index in [0.29, 0.717) is 0 Å². The van der Waals surface area contributed by atoms with Crippen LogP contribution in [0.5, 0.6) is 5.75 Å². The molecule has 0 aromatic heterocycles. The fraction of sp³-hybridized carbons (Fsp3) is 0.400. The highest BCUT2D eigenvalue weighted by Gasteiger charge is 2.10. The Morgan fingerprint density at radius 1 is 1.31 bits per heavy atom. The molecule has 1 radical (unpaired) electrons. The molecule has 1 aliphatic heterocycles. The van der Waals surface area contributed by atoms with Gasteiger partial charge in [0.2, 0.25) is 0 Å². The number of nitrogens with one attached hydrogen (secondary N) is 1. The summed E-state index contributed by atoms with van der Waals surface area (Å²) in [6.07, 6.45) is 0. The second kappa shape index (κ2) is 4.25. The lowest BCUT2D eigenvalue weighted by atomic mass is 10.3. The van der Waals surface area contributed by atoms with Crippen LogP contribution in [0.1, 0.15) is 0 Å². The van der Waals surface area contributed by atoms with Crippen molar-refractivity contribution in [2.24, 2.45) is 0 Å². The Morgan fingerprint density at radius 3 is 2.85 bits per heavy atom. The van der Waals surface area contributed by atoms with Crippen LogP contribution in [-0.2, 0) is 0 Å². The minimum Gasteiger partial charge on any atom is -0.405 e. The van der Waals surface area contributed by atoms with Crippen molar-refractivity contribution in [1.29, 1.82) is 0 Å². The molecular formula is C10H13N2O. The van der Waals surface area contributed by atoms with Crippen molar-refractivity contribution in [3.05, 3.63) is 30.3 Å². The van der Waals surface area contributed by atoms with E-state index in [2.05, 4.69) is 11.4 Å². The van der Waals surface area contributed by atoms with Gasteiger partial charge in [-0.3, -0.25) is 0 Å². The first-order valence-electron chi connectivity index (χ1n) is 4.55. The van der Waals surface area contributed by atoms with E-state index in [4.69, 9.17) is 4.84 Å². The molecule has 2 rings (SSSR count). The largest absolute Gasteiger partial charge is 0.405 e. The molecule has 1 N–H and O–H groups in total. The number of nitrogens with zero attached hydrogens (tertiary/aromatic N) is 1. The molecule has 0 saturated carbocycles. The van der Waals surface area contributed by atoms with E-state index in [1.165, 1.54) is 0 Å². The molecule has 0 unspecified atom stereocenters. The zero-order valence-corrected chi connectivity index (χ0v) is 7.49. The second-order valence-electron chi connectivity index (χ2n) is 3.00. The van der Waals surface area contributed by atoms with Crippen LogP contribution in [0.15, 0.2) is 24.3 Å². The Labute approximate surface area is 78.3 Å². The number of hydrogen-bond donors (Lipinski definition) is 1. The van der Waals surface area contributed by atoms with Gasteiger partial charge in [-0.2, -0.15) is 0 Å². The maximum absolute atomic E-state index is 5.59. The molecule has 69 valence electrons. The Kier molecular flexibility index (Phi) is 2.79. The highest BCUT2D eigenvalue weighted by Crippen LogP contribution is 2.09. The van der Waals surface area contributed by atoms with Gasteiger partial charge >= 0.3 is 0 Å². The molecule has 3 heteroatoms. The molecule has 1 aromatic carbocycles. The van der Waals surface area contributed by atoms with Crippen LogP contribution in [0.2, 0.25) is 0 Å². The van der Waals surface area contributed by atoms with Crippen LogP contribution in [0, 0.1) is 6.07 Å². The van der Waals surface area contributed by atoms with E-state index in [1.807, 2.05) is 29.3 Å². The summed E-state index contributed by atoms with van der Waals surface area (Å²) < 4.78 is 0. The van der Waals surface area contributed by atoms with Gasteiger partial charge in [0.1, 0.15) is 0 Å². The lowest BCUT2D eigenvalue weighted by Gasteiger charge is -2.26. The molecule has 0 aliphatic carbocycles. The molecule has 0 atom stereocenters. The predicted molar refractivity (Wildman–Crippen MR) is 50.3 cm³/mol. The van der Waals surface area contributed by atoms with Crippen LogP contribution in [-0.4, -0.2) is 31.2 Å². The van der Waals surface area contributed by atoms with Gasteiger partial charge in [-0.25, -0.2) is 0 Å². The van der Waals surface area contributed by atoms with Crippen molar-refractivity contribution in [3.8, 4) is 5.75 Å². The van der Waals surface area contributed by atoms with E-state index >= 15 is 0 Å². The quantitative estimate of drug-likeness (QED) is 0.719. The van der Waals surface area contributed by atoms with E-state index in [9.17, 15) is 0 Å².